The highest BCUT2D eigenvalue weighted by atomic mass is 28.4. The first-order chi connectivity index (χ1) is 16.8. The van der Waals surface area contributed by atoms with E-state index in [1.807, 2.05) is 43.3 Å². The molecular formula is C30H45NO4Si. The molecule has 5 nitrogen and oxygen atoms in total. The summed E-state index contributed by atoms with van der Waals surface area (Å²) in [6.07, 6.45) is 9.58. The Kier molecular flexibility index (Phi) is 9.20. The van der Waals surface area contributed by atoms with Crippen LogP contribution in [0.25, 0.3) is 0 Å². The molecule has 2 aliphatic rings. The van der Waals surface area contributed by atoms with E-state index in [0.29, 0.717) is 12.8 Å². The van der Waals surface area contributed by atoms with Crippen molar-refractivity contribution in [2.75, 3.05) is 0 Å². The Hall–Kier alpha value is -1.99. The molecule has 6 heteroatoms. The van der Waals surface area contributed by atoms with Gasteiger partial charge < -0.3 is 19.2 Å². The number of allylic oxidation sites excluding steroid dienone is 2. The Morgan fingerprint density at radius 2 is 1.94 bits per heavy atom. The van der Waals surface area contributed by atoms with Crippen molar-refractivity contribution in [3.63, 3.8) is 0 Å². The minimum Gasteiger partial charge on any atom is -0.413 e. The van der Waals surface area contributed by atoms with Gasteiger partial charge in [0, 0.05) is 5.56 Å². The number of ether oxygens (including phenoxy) is 2. The van der Waals surface area contributed by atoms with Crippen molar-refractivity contribution in [1.82, 2.24) is 5.32 Å². The van der Waals surface area contributed by atoms with Crippen LogP contribution in [0, 0.1) is 0 Å². The number of hydrogen-bond donors (Lipinski definition) is 1. The summed E-state index contributed by atoms with van der Waals surface area (Å²) in [5.41, 5.74) is 1.55. The van der Waals surface area contributed by atoms with Crippen LogP contribution in [-0.2, 0) is 18.7 Å². The van der Waals surface area contributed by atoms with E-state index < -0.39 is 20.2 Å². The lowest BCUT2D eigenvalue weighted by atomic mass is 9.90. The van der Waals surface area contributed by atoms with E-state index in [1.54, 1.807) is 6.08 Å². The van der Waals surface area contributed by atoms with Crippen LogP contribution >= 0.6 is 0 Å². The number of hydrogen-bond acceptors (Lipinski definition) is 4. The summed E-state index contributed by atoms with van der Waals surface area (Å²) in [6.45, 7) is 19.2. The molecule has 1 fully saturated rings. The molecule has 2 heterocycles. The topological polar surface area (TPSA) is 56.8 Å². The van der Waals surface area contributed by atoms with Crippen molar-refractivity contribution < 1.29 is 18.7 Å². The van der Waals surface area contributed by atoms with Gasteiger partial charge >= 0.3 is 0 Å². The first-order valence-corrected chi connectivity index (χ1v) is 16.1. The van der Waals surface area contributed by atoms with E-state index in [-0.39, 0.29) is 29.2 Å². The Labute approximate surface area is 219 Å². The quantitative estimate of drug-likeness (QED) is 0.263. The summed E-state index contributed by atoms with van der Waals surface area (Å²) in [5.74, 6) is 0.0157. The van der Waals surface area contributed by atoms with Crippen LogP contribution in [0.2, 0.25) is 18.1 Å². The van der Waals surface area contributed by atoms with Gasteiger partial charge in [-0.15, -0.1) is 0 Å². The Morgan fingerprint density at radius 1 is 1.25 bits per heavy atom. The van der Waals surface area contributed by atoms with Gasteiger partial charge in [0.25, 0.3) is 0 Å². The van der Waals surface area contributed by atoms with Crippen molar-refractivity contribution in [3.05, 3.63) is 72.4 Å². The fourth-order valence-corrected chi connectivity index (χ4v) is 5.91. The summed E-state index contributed by atoms with van der Waals surface area (Å²) >= 11 is 0. The molecule has 5 atom stereocenters. The molecule has 3 rings (SSSR count). The van der Waals surface area contributed by atoms with Crippen molar-refractivity contribution in [1.29, 1.82) is 0 Å². The molecule has 0 bridgehead atoms. The van der Waals surface area contributed by atoms with E-state index >= 15 is 0 Å². The lowest BCUT2D eigenvalue weighted by molar-refractivity contribution is -0.123. The van der Waals surface area contributed by atoms with Gasteiger partial charge in [-0.1, -0.05) is 87.6 Å². The van der Waals surface area contributed by atoms with Crippen LogP contribution in [0.3, 0.4) is 0 Å². The zero-order chi connectivity index (χ0) is 26.6. The lowest BCUT2D eigenvalue weighted by Crippen LogP contribution is -2.47. The molecule has 0 aromatic heterocycles. The van der Waals surface area contributed by atoms with Crippen LogP contribution in [0.5, 0.6) is 0 Å². The Balaban J connectivity index is 1.92. The van der Waals surface area contributed by atoms with Crippen molar-refractivity contribution in [2.24, 2.45) is 0 Å². The van der Waals surface area contributed by atoms with E-state index in [1.165, 1.54) is 0 Å². The molecule has 198 valence electrons. The van der Waals surface area contributed by atoms with E-state index in [4.69, 9.17) is 13.9 Å². The molecule has 0 radical (unpaired) electrons. The zero-order valence-corrected chi connectivity index (χ0v) is 24.2. The molecule has 0 spiro atoms. The van der Waals surface area contributed by atoms with Gasteiger partial charge in [-0.3, -0.25) is 4.79 Å². The first kappa shape index (κ1) is 28.6. The van der Waals surface area contributed by atoms with Gasteiger partial charge in [-0.25, -0.2) is 0 Å². The van der Waals surface area contributed by atoms with Gasteiger partial charge in [-0.05, 0) is 51.2 Å². The van der Waals surface area contributed by atoms with Crippen molar-refractivity contribution in [2.45, 2.75) is 109 Å². The molecule has 1 amide bonds. The summed E-state index contributed by atoms with van der Waals surface area (Å²) in [4.78, 5) is 13.2. The van der Waals surface area contributed by atoms with Gasteiger partial charge in [0.1, 0.15) is 6.10 Å². The number of fused-ring (bicyclic) bond motifs is 1. The average Bonchev–Trinajstić information content (AvgIpc) is 3.12. The summed E-state index contributed by atoms with van der Waals surface area (Å²) in [7, 11) is -2.08. The molecule has 2 aliphatic heterocycles. The second kappa shape index (κ2) is 11.6. The fraction of sp³-hybridized carbons (Fsp3) is 0.567. The second-order valence-corrected chi connectivity index (χ2v) is 16.7. The molecule has 1 aromatic carbocycles. The van der Waals surface area contributed by atoms with E-state index in [9.17, 15) is 4.79 Å². The molecule has 1 N–H and O–H groups in total. The third kappa shape index (κ3) is 7.06. The van der Waals surface area contributed by atoms with Gasteiger partial charge in [0.2, 0.25) is 5.91 Å². The molecular weight excluding hydrogens is 466 g/mol. The fourth-order valence-electron chi connectivity index (χ4n) is 4.53. The molecule has 1 aromatic rings. The molecule has 0 saturated carbocycles. The minimum absolute atomic E-state index is 0.0157. The summed E-state index contributed by atoms with van der Waals surface area (Å²) in [5, 5.41) is 3.29. The predicted octanol–water partition coefficient (Wildman–Crippen LogP) is 7.00. The largest absolute Gasteiger partial charge is 0.413 e. The summed E-state index contributed by atoms with van der Waals surface area (Å²) < 4.78 is 19.8. The highest BCUT2D eigenvalue weighted by Crippen LogP contribution is 2.43. The van der Waals surface area contributed by atoms with Crippen LogP contribution in [0.15, 0.2) is 66.8 Å². The molecule has 36 heavy (non-hydrogen) atoms. The van der Waals surface area contributed by atoms with Gasteiger partial charge in [0.15, 0.2) is 14.6 Å². The maximum atomic E-state index is 13.2. The second-order valence-electron chi connectivity index (χ2n) is 11.9. The van der Waals surface area contributed by atoms with Crippen LogP contribution in [-0.4, -0.2) is 38.1 Å². The third-order valence-corrected chi connectivity index (χ3v) is 12.4. The van der Waals surface area contributed by atoms with Gasteiger partial charge in [0.05, 0.1) is 24.2 Å². The number of amides is 1. The molecule has 0 aliphatic carbocycles. The average molecular weight is 512 g/mol. The Morgan fingerprint density at radius 3 is 2.58 bits per heavy atom. The number of rotatable bonds is 5. The lowest BCUT2D eigenvalue weighted by Gasteiger charge is -2.40. The molecule has 1 saturated heterocycles. The van der Waals surface area contributed by atoms with Gasteiger partial charge in [-0.2, -0.15) is 0 Å². The first-order valence-electron chi connectivity index (χ1n) is 13.2. The number of nitrogens with one attached hydrogen (secondary N) is 1. The Bertz CT molecular complexity index is 965. The third-order valence-electron chi connectivity index (χ3n) is 7.91. The number of carbonyl (C=O) groups excluding carboxylic acids is 1. The highest BCUT2D eigenvalue weighted by Gasteiger charge is 2.46. The number of carbonyl (C=O) groups is 1. The SMILES string of the molecule is C=CC=C(C)[C@@H]1CC=C[C@@H]2O[C@H](c3ccccc3)O[C@]2(C)CC[C@@H](O[Si](C)(C)C(C)(C)C)CC(=O)N1. The van der Waals surface area contributed by atoms with E-state index in [2.05, 4.69) is 64.8 Å². The smallest absolute Gasteiger partial charge is 0.223 e. The monoisotopic (exact) mass is 511 g/mol. The van der Waals surface area contributed by atoms with Crippen LogP contribution < -0.4 is 5.32 Å². The van der Waals surface area contributed by atoms with Crippen LogP contribution in [0.1, 0.15) is 72.2 Å². The highest BCUT2D eigenvalue weighted by molar-refractivity contribution is 6.74. The number of benzene rings is 1. The maximum absolute atomic E-state index is 13.2. The zero-order valence-electron chi connectivity index (χ0n) is 23.2. The maximum Gasteiger partial charge on any atom is 0.223 e. The van der Waals surface area contributed by atoms with E-state index in [0.717, 1.165) is 24.0 Å². The van der Waals surface area contributed by atoms with Crippen molar-refractivity contribution in [3.8, 4) is 0 Å². The van der Waals surface area contributed by atoms with Crippen molar-refractivity contribution >= 4 is 14.2 Å². The predicted molar refractivity (Wildman–Crippen MR) is 149 cm³/mol. The molecule has 0 unspecified atom stereocenters. The summed E-state index contributed by atoms with van der Waals surface area (Å²) in [6, 6.07) is 9.97. The standard InChI is InChI=1S/C30H45NO4Si/c1-9-14-22(2)25-17-13-18-26-30(6,34-28(33-26)23-15-11-10-12-16-23)20-19-24(21-27(32)31-25)35-36(7,8)29(3,4)5/h9-16,18,24-26,28H,1,17,19-21H2,2-8H3,(H,31,32)/t24-,25+,26+,28+,30-/m1/s1. The van der Waals surface area contributed by atoms with Crippen LogP contribution in [0.4, 0.5) is 0 Å². The minimum atomic E-state index is -2.08. The normalized spacial score (nSPS) is 30.6.